The fourth-order valence-electron chi connectivity index (χ4n) is 3.84. The zero-order valence-electron chi connectivity index (χ0n) is 16.6. The van der Waals surface area contributed by atoms with E-state index in [1.807, 2.05) is 16.4 Å². The van der Waals surface area contributed by atoms with E-state index in [-0.39, 0.29) is 18.6 Å². The molecule has 1 aliphatic rings. The topological polar surface area (TPSA) is 50.2 Å². The van der Waals surface area contributed by atoms with Gasteiger partial charge >= 0.3 is 12.2 Å². The van der Waals surface area contributed by atoms with Crippen LogP contribution in [0.1, 0.15) is 56.0 Å². The van der Waals surface area contributed by atoms with Crippen LogP contribution in [0.15, 0.2) is 36.7 Å². The molecule has 8 heteroatoms. The third kappa shape index (κ3) is 5.52. The van der Waals surface area contributed by atoms with E-state index in [9.17, 15) is 18.0 Å². The molecule has 2 amide bonds. The largest absolute Gasteiger partial charge is 0.416 e. The monoisotopic (exact) mass is 408 g/mol. The summed E-state index contributed by atoms with van der Waals surface area (Å²) < 4.78 is 40.8. The molecule has 5 nitrogen and oxygen atoms in total. The molecule has 1 aromatic carbocycles. The van der Waals surface area contributed by atoms with Crippen molar-refractivity contribution in [1.82, 2.24) is 19.8 Å². The summed E-state index contributed by atoms with van der Waals surface area (Å²) in [6.07, 6.45) is 4.30. The number of hydrogen-bond acceptors (Lipinski definition) is 2. The van der Waals surface area contributed by atoms with Gasteiger partial charge in [-0.3, -0.25) is 0 Å². The third-order valence-corrected chi connectivity index (χ3v) is 5.33. The third-order valence-electron chi connectivity index (χ3n) is 5.33. The molecule has 0 bridgehead atoms. The van der Waals surface area contributed by atoms with Gasteiger partial charge in [0.1, 0.15) is 5.82 Å². The van der Waals surface area contributed by atoms with E-state index in [1.54, 1.807) is 18.5 Å². The van der Waals surface area contributed by atoms with Crippen LogP contribution in [0.4, 0.5) is 18.0 Å². The van der Waals surface area contributed by atoms with Crippen LogP contribution in [-0.4, -0.2) is 33.1 Å². The molecule has 158 valence electrons. The second-order valence-corrected chi connectivity index (χ2v) is 7.42. The fourth-order valence-corrected chi connectivity index (χ4v) is 3.84. The number of nitrogens with one attached hydrogen (secondary N) is 1. The molecule has 1 N–H and O–H groups in total. The maximum Gasteiger partial charge on any atom is 0.416 e. The number of hydrogen-bond donors (Lipinski definition) is 1. The molecule has 1 saturated carbocycles. The number of urea groups is 1. The van der Waals surface area contributed by atoms with Crippen LogP contribution in [0.25, 0.3) is 0 Å². The van der Waals surface area contributed by atoms with Crippen molar-refractivity contribution in [2.75, 3.05) is 6.54 Å². The average Bonchev–Trinajstić information content (AvgIpc) is 3.13. The number of nitrogens with zero attached hydrogens (tertiary/aromatic N) is 3. The summed E-state index contributed by atoms with van der Waals surface area (Å²) in [6, 6.07) is 5.35. The summed E-state index contributed by atoms with van der Waals surface area (Å²) in [5.41, 5.74) is -0.121. The lowest BCUT2D eigenvalue weighted by molar-refractivity contribution is -0.137. The van der Waals surface area contributed by atoms with Crippen LogP contribution in [0, 0.1) is 0 Å². The first-order valence-electron chi connectivity index (χ1n) is 10.1. The molecule has 0 radical (unpaired) electrons. The van der Waals surface area contributed by atoms with Crippen LogP contribution < -0.4 is 5.32 Å². The highest BCUT2D eigenvalue weighted by Crippen LogP contribution is 2.30. The first-order chi connectivity index (χ1) is 13.9. The van der Waals surface area contributed by atoms with Gasteiger partial charge in [-0.2, -0.15) is 13.2 Å². The minimum atomic E-state index is -4.37. The Morgan fingerprint density at radius 1 is 1.28 bits per heavy atom. The first-order valence-corrected chi connectivity index (χ1v) is 10.1. The van der Waals surface area contributed by atoms with Gasteiger partial charge in [0.2, 0.25) is 0 Å². The minimum Gasteiger partial charge on any atom is -0.338 e. The van der Waals surface area contributed by atoms with E-state index in [0.29, 0.717) is 24.5 Å². The molecular formula is C21H27F3N4O. The lowest BCUT2D eigenvalue weighted by atomic mass is 9.94. The van der Waals surface area contributed by atoms with Crippen molar-refractivity contribution in [1.29, 1.82) is 0 Å². The smallest absolute Gasteiger partial charge is 0.338 e. The lowest BCUT2D eigenvalue weighted by Gasteiger charge is -2.34. The van der Waals surface area contributed by atoms with Crippen molar-refractivity contribution in [3.63, 3.8) is 0 Å². The summed E-state index contributed by atoms with van der Waals surface area (Å²) in [4.78, 5) is 18.9. The number of amides is 2. The molecule has 2 aromatic rings. The number of imidazole rings is 1. The van der Waals surface area contributed by atoms with Crippen LogP contribution >= 0.6 is 0 Å². The standard InChI is InChI=1S/C21H27F3N4O/c1-2-25-20(29)28(18-9-4-3-5-10-18)15-19-26-11-12-27(19)14-16-7-6-8-17(13-16)21(22,23)24/h6-8,11-13,18H,2-5,9-10,14-15H2,1H3,(H,25,29). The Hall–Kier alpha value is -2.51. The number of rotatable bonds is 6. The number of halogens is 3. The van der Waals surface area contributed by atoms with Gasteiger partial charge in [0.15, 0.2) is 0 Å². The van der Waals surface area contributed by atoms with Crippen molar-refractivity contribution in [2.45, 2.75) is 64.3 Å². The molecule has 1 fully saturated rings. The number of carbonyl (C=O) groups is 1. The molecule has 3 rings (SSSR count). The van der Waals surface area contributed by atoms with E-state index in [2.05, 4.69) is 10.3 Å². The Morgan fingerprint density at radius 2 is 2.03 bits per heavy atom. The van der Waals surface area contributed by atoms with Crippen molar-refractivity contribution in [2.24, 2.45) is 0 Å². The second kappa shape index (κ2) is 9.33. The molecule has 0 unspecified atom stereocenters. The van der Waals surface area contributed by atoms with Crippen LogP contribution in [0.2, 0.25) is 0 Å². The molecule has 0 saturated heterocycles. The van der Waals surface area contributed by atoms with Crippen molar-refractivity contribution in [3.05, 3.63) is 53.6 Å². The van der Waals surface area contributed by atoms with Gasteiger partial charge in [0.05, 0.1) is 12.1 Å². The van der Waals surface area contributed by atoms with E-state index in [1.165, 1.54) is 12.5 Å². The highest BCUT2D eigenvalue weighted by Gasteiger charge is 2.30. The Labute approximate surface area is 168 Å². The predicted molar refractivity (Wildman–Crippen MR) is 104 cm³/mol. The molecule has 0 aliphatic heterocycles. The number of carbonyl (C=O) groups excluding carboxylic acids is 1. The maximum absolute atomic E-state index is 13.0. The summed E-state index contributed by atoms with van der Waals surface area (Å²) in [5.74, 6) is 0.666. The summed E-state index contributed by atoms with van der Waals surface area (Å²) >= 11 is 0. The van der Waals surface area contributed by atoms with Gasteiger partial charge in [0, 0.05) is 31.5 Å². The van der Waals surface area contributed by atoms with Crippen LogP contribution in [0.5, 0.6) is 0 Å². The number of benzene rings is 1. The molecule has 0 atom stereocenters. The van der Waals surface area contributed by atoms with E-state index in [0.717, 1.165) is 37.8 Å². The van der Waals surface area contributed by atoms with Crippen molar-refractivity contribution >= 4 is 6.03 Å². The van der Waals surface area contributed by atoms with Gasteiger partial charge in [-0.1, -0.05) is 31.4 Å². The van der Waals surface area contributed by atoms with Gasteiger partial charge < -0.3 is 14.8 Å². The van der Waals surface area contributed by atoms with Gasteiger partial charge in [-0.15, -0.1) is 0 Å². The quantitative estimate of drug-likeness (QED) is 0.745. The average molecular weight is 408 g/mol. The molecule has 29 heavy (non-hydrogen) atoms. The minimum absolute atomic E-state index is 0.118. The lowest BCUT2D eigenvalue weighted by Crippen LogP contribution is -2.46. The highest BCUT2D eigenvalue weighted by molar-refractivity contribution is 5.74. The normalized spacial score (nSPS) is 15.3. The molecular weight excluding hydrogens is 381 g/mol. The Bertz CT molecular complexity index is 812. The van der Waals surface area contributed by atoms with Gasteiger partial charge in [-0.25, -0.2) is 9.78 Å². The van der Waals surface area contributed by atoms with E-state index < -0.39 is 11.7 Å². The Balaban J connectivity index is 1.78. The summed E-state index contributed by atoms with van der Waals surface area (Å²) in [7, 11) is 0. The second-order valence-electron chi connectivity index (χ2n) is 7.42. The SMILES string of the molecule is CCNC(=O)N(Cc1nccn1Cc1cccc(C(F)(F)F)c1)C1CCCCC1. The molecule has 1 aromatic heterocycles. The number of alkyl halides is 3. The number of aromatic nitrogens is 2. The Kier molecular flexibility index (Phi) is 6.82. The molecule has 0 spiro atoms. The van der Waals surface area contributed by atoms with Gasteiger partial charge in [0.25, 0.3) is 0 Å². The summed E-state index contributed by atoms with van der Waals surface area (Å²) in [6.45, 7) is 3.03. The van der Waals surface area contributed by atoms with E-state index >= 15 is 0 Å². The molecule has 1 aliphatic carbocycles. The fraction of sp³-hybridized carbons (Fsp3) is 0.524. The van der Waals surface area contributed by atoms with Gasteiger partial charge in [-0.05, 0) is 37.5 Å². The highest BCUT2D eigenvalue weighted by atomic mass is 19.4. The molecule has 1 heterocycles. The first kappa shape index (κ1) is 21.2. The van der Waals surface area contributed by atoms with Crippen molar-refractivity contribution in [3.8, 4) is 0 Å². The Morgan fingerprint density at radius 3 is 2.72 bits per heavy atom. The maximum atomic E-state index is 13.0. The predicted octanol–water partition coefficient (Wildman–Crippen LogP) is 4.81. The van der Waals surface area contributed by atoms with Crippen molar-refractivity contribution < 1.29 is 18.0 Å². The zero-order chi connectivity index (χ0) is 20.9. The van der Waals surface area contributed by atoms with Crippen LogP contribution in [0.3, 0.4) is 0 Å². The van der Waals surface area contributed by atoms with Crippen LogP contribution in [-0.2, 0) is 19.3 Å². The summed E-state index contributed by atoms with van der Waals surface area (Å²) in [5, 5.41) is 2.87. The van der Waals surface area contributed by atoms with E-state index in [4.69, 9.17) is 0 Å². The zero-order valence-corrected chi connectivity index (χ0v) is 16.6.